The minimum atomic E-state index is -4.47. The van der Waals surface area contributed by atoms with Gasteiger partial charge in [0.15, 0.2) is 0 Å². The lowest BCUT2D eigenvalue weighted by Gasteiger charge is -2.10. The predicted octanol–water partition coefficient (Wildman–Crippen LogP) is 2.66. The number of nitrogens with one attached hydrogen (secondary N) is 1. The van der Waals surface area contributed by atoms with Crippen molar-refractivity contribution in [2.75, 3.05) is 11.8 Å². The van der Waals surface area contributed by atoms with Crippen LogP contribution in [0.25, 0.3) is 6.08 Å². The topological polar surface area (TPSA) is 116 Å². The highest BCUT2D eigenvalue weighted by molar-refractivity contribution is 9.10. The number of halogens is 2. The Morgan fingerprint density at radius 3 is 2.50 bits per heavy atom. The molecule has 2 aromatic rings. The number of sulfonamides is 2. The van der Waals surface area contributed by atoms with Gasteiger partial charge in [-0.25, -0.2) is 26.4 Å². The largest absolute Gasteiger partial charge is 0.496 e. The first-order chi connectivity index (χ1) is 12.0. The molecular formula is C15H14BrFN2O5S2. The molecule has 0 radical (unpaired) electrons. The molecule has 7 nitrogen and oxygen atoms in total. The fourth-order valence-corrected chi connectivity index (χ4v) is 4.14. The van der Waals surface area contributed by atoms with Crippen LogP contribution in [0.4, 0.5) is 10.1 Å². The van der Waals surface area contributed by atoms with Crippen molar-refractivity contribution in [1.82, 2.24) is 0 Å². The number of primary sulfonamides is 1. The predicted molar refractivity (Wildman–Crippen MR) is 100 cm³/mol. The van der Waals surface area contributed by atoms with Crippen LogP contribution in [0.2, 0.25) is 0 Å². The van der Waals surface area contributed by atoms with Crippen molar-refractivity contribution in [2.45, 2.75) is 4.90 Å². The van der Waals surface area contributed by atoms with E-state index in [9.17, 15) is 21.2 Å². The summed E-state index contributed by atoms with van der Waals surface area (Å²) in [6.07, 6.45) is 1.25. The first-order valence-electron chi connectivity index (χ1n) is 6.89. The van der Waals surface area contributed by atoms with Crippen LogP contribution >= 0.6 is 15.9 Å². The molecule has 3 N–H and O–H groups in total. The molecule has 0 heterocycles. The molecule has 0 spiro atoms. The molecule has 0 bridgehead atoms. The monoisotopic (exact) mass is 464 g/mol. The molecule has 0 saturated carbocycles. The molecule has 0 fully saturated rings. The number of ether oxygens (including phenoxy) is 1. The van der Waals surface area contributed by atoms with E-state index in [1.807, 2.05) is 4.72 Å². The summed E-state index contributed by atoms with van der Waals surface area (Å²) < 4.78 is 69.1. The maximum absolute atomic E-state index is 13.8. The molecule has 0 aliphatic rings. The van der Waals surface area contributed by atoms with Crippen molar-refractivity contribution in [1.29, 1.82) is 0 Å². The molecule has 0 atom stereocenters. The van der Waals surface area contributed by atoms with Crippen molar-refractivity contribution < 1.29 is 26.0 Å². The number of hydrogen-bond acceptors (Lipinski definition) is 5. The zero-order chi connectivity index (χ0) is 19.5. The Morgan fingerprint density at radius 2 is 1.88 bits per heavy atom. The molecular weight excluding hydrogens is 451 g/mol. The van der Waals surface area contributed by atoms with E-state index >= 15 is 0 Å². The summed E-state index contributed by atoms with van der Waals surface area (Å²) in [4.78, 5) is -0.933. The molecule has 0 aliphatic carbocycles. The third-order valence-corrected chi connectivity index (χ3v) is 5.60. The van der Waals surface area contributed by atoms with Gasteiger partial charge in [-0.3, -0.25) is 4.72 Å². The number of methoxy groups -OCH3 is 1. The van der Waals surface area contributed by atoms with Gasteiger partial charge in [-0.15, -0.1) is 0 Å². The smallest absolute Gasteiger partial charge is 0.255 e. The van der Waals surface area contributed by atoms with Crippen molar-refractivity contribution >= 4 is 47.7 Å². The maximum atomic E-state index is 13.8. The summed E-state index contributed by atoms with van der Waals surface area (Å²) in [6.45, 7) is 0. The maximum Gasteiger partial charge on any atom is 0.255 e. The van der Waals surface area contributed by atoms with E-state index in [1.165, 1.54) is 13.2 Å². The summed E-state index contributed by atoms with van der Waals surface area (Å²) in [5, 5.41) is 5.76. The summed E-state index contributed by atoms with van der Waals surface area (Å²) in [5.41, 5.74) is -0.0310. The summed E-state index contributed by atoms with van der Waals surface area (Å²) in [5.74, 6) is -0.735. The highest BCUT2D eigenvalue weighted by atomic mass is 79.9. The fraction of sp³-hybridized carbons (Fsp3) is 0.0667. The minimum absolute atomic E-state index is 0.427. The van der Waals surface area contributed by atoms with E-state index < -0.39 is 36.4 Å². The number of rotatable bonds is 6. The van der Waals surface area contributed by atoms with Crippen LogP contribution in [0.3, 0.4) is 0 Å². The van der Waals surface area contributed by atoms with E-state index in [0.29, 0.717) is 15.8 Å². The van der Waals surface area contributed by atoms with Gasteiger partial charge in [0, 0.05) is 10.0 Å². The normalized spacial score (nSPS) is 12.3. The Morgan fingerprint density at radius 1 is 1.19 bits per heavy atom. The van der Waals surface area contributed by atoms with Crippen molar-refractivity contribution in [3.05, 3.63) is 57.7 Å². The van der Waals surface area contributed by atoms with E-state index in [1.54, 1.807) is 18.2 Å². The highest BCUT2D eigenvalue weighted by Crippen LogP contribution is 2.26. The van der Waals surface area contributed by atoms with Crippen LogP contribution < -0.4 is 14.6 Å². The molecule has 2 rings (SSSR count). The molecule has 0 amide bonds. The first kappa shape index (κ1) is 20.4. The number of anilines is 1. The number of benzene rings is 2. The molecule has 0 aromatic heterocycles. The molecule has 0 saturated heterocycles. The van der Waals surface area contributed by atoms with Crippen LogP contribution in [0.15, 0.2) is 51.2 Å². The van der Waals surface area contributed by atoms with Gasteiger partial charge >= 0.3 is 0 Å². The van der Waals surface area contributed by atoms with Gasteiger partial charge in [0.1, 0.15) is 16.5 Å². The Balaban J connectivity index is 2.40. The lowest BCUT2D eigenvalue weighted by molar-refractivity contribution is 0.414. The van der Waals surface area contributed by atoms with Gasteiger partial charge in [0.05, 0.1) is 18.2 Å². The second-order valence-electron chi connectivity index (χ2n) is 5.00. The standard InChI is InChI=1S/C15H14BrFN2O5S2/c1-24-14-6-5-11(16)9-10(14)7-8-25(20,21)19-13-4-2-3-12(17)15(13)26(18,22)23/h2-9,19H,1H3,(H2,18,22,23)/b8-7+. The Labute approximate surface area is 158 Å². The Bertz CT molecular complexity index is 1070. The second-order valence-corrected chi connectivity index (χ2v) is 8.98. The molecule has 11 heteroatoms. The quantitative estimate of drug-likeness (QED) is 0.681. The lowest BCUT2D eigenvalue weighted by Crippen LogP contribution is -2.19. The van der Waals surface area contributed by atoms with E-state index in [-0.39, 0.29) is 0 Å². The third kappa shape index (κ3) is 5.04. The van der Waals surface area contributed by atoms with Gasteiger partial charge in [-0.2, -0.15) is 0 Å². The van der Waals surface area contributed by atoms with Crippen LogP contribution in [-0.4, -0.2) is 23.9 Å². The van der Waals surface area contributed by atoms with Gasteiger partial charge in [-0.1, -0.05) is 22.0 Å². The lowest BCUT2D eigenvalue weighted by atomic mass is 10.2. The summed E-state index contributed by atoms with van der Waals surface area (Å²) in [7, 11) is -7.20. The van der Waals surface area contributed by atoms with Crippen molar-refractivity contribution in [3.8, 4) is 5.75 Å². The highest BCUT2D eigenvalue weighted by Gasteiger charge is 2.21. The summed E-state index contributed by atoms with van der Waals surface area (Å²) >= 11 is 3.26. The van der Waals surface area contributed by atoms with Gasteiger partial charge in [-0.05, 0) is 36.4 Å². The zero-order valence-electron chi connectivity index (χ0n) is 13.3. The molecule has 0 unspecified atom stereocenters. The number of nitrogens with two attached hydrogens (primary N) is 1. The van der Waals surface area contributed by atoms with Crippen LogP contribution in [-0.2, 0) is 20.0 Å². The van der Waals surface area contributed by atoms with Gasteiger partial charge in [0.2, 0.25) is 10.0 Å². The van der Waals surface area contributed by atoms with Crippen molar-refractivity contribution in [3.63, 3.8) is 0 Å². The third-order valence-electron chi connectivity index (χ3n) is 3.12. The molecule has 2 aromatic carbocycles. The molecule has 0 aliphatic heterocycles. The van der Waals surface area contributed by atoms with E-state index in [2.05, 4.69) is 15.9 Å². The van der Waals surface area contributed by atoms with Crippen LogP contribution in [0.5, 0.6) is 5.75 Å². The minimum Gasteiger partial charge on any atom is -0.496 e. The first-order valence-corrected chi connectivity index (χ1v) is 10.8. The molecule has 26 heavy (non-hydrogen) atoms. The summed E-state index contributed by atoms with van der Waals surface area (Å²) in [6, 6.07) is 8.09. The fourth-order valence-electron chi connectivity index (χ4n) is 2.06. The number of hydrogen-bond donors (Lipinski definition) is 2. The zero-order valence-corrected chi connectivity index (χ0v) is 16.5. The average molecular weight is 465 g/mol. The van der Waals surface area contributed by atoms with Gasteiger partial charge in [0.25, 0.3) is 10.0 Å². The Hall–Kier alpha value is -1.95. The van der Waals surface area contributed by atoms with Crippen LogP contribution in [0.1, 0.15) is 5.56 Å². The van der Waals surface area contributed by atoms with E-state index in [4.69, 9.17) is 9.88 Å². The second kappa shape index (κ2) is 7.74. The molecule has 140 valence electrons. The SMILES string of the molecule is COc1ccc(Br)cc1/C=C/S(=O)(=O)Nc1cccc(F)c1S(N)(=O)=O. The van der Waals surface area contributed by atoms with Gasteiger partial charge < -0.3 is 4.74 Å². The Kier molecular flexibility index (Phi) is 6.06. The average Bonchev–Trinajstić information content (AvgIpc) is 2.51. The van der Waals surface area contributed by atoms with Crippen molar-refractivity contribution in [2.24, 2.45) is 5.14 Å². The van der Waals surface area contributed by atoms with Crippen LogP contribution in [0, 0.1) is 5.82 Å². The van der Waals surface area contributed by atoms with E-state index in [0.717, 1.165) is 23.6 Å².